The van der Waals surface area contributed by atoms with Gasteiger partial charge in [-0.3, -0.25) is 60.0 Å². The van der Waals surface area contributed by atoms with E-state index >= 15 is 0 Å². The van der Waals surface area contributed by atoms with Gasteiger partial charge in [0.25, 0.3) is 0 Å². The summed E-state index contributed by atoms with van der Waals surface area (Å²) in [6.07, 6.45) is -1.28. The maximum absolute atomic E-state index is 14.1. The lowest BCUT2D eigenvalue weighted by Gasteiger charge is -2.27. The SMILES string of the molecule is C=CCN(C(=O)CCc1ccc(C(=O)Oc2ccc(C(=N)N)cc2F)s1)[C@@H](CC(=O)O)C(=O)O.CC(C)(Cc1ccc(C(=O)Oc2ccc(C(=N)N)cc2F)s1)C(=O)N[C@@H](CC(=O)O)C(=O)O.Cc1cc(C(=O)Oc2ccc(C(=N)N)cc2F)sc1CCC(=O)N[C@@H](CC(=O)O)C(=O)O.N=C(N)c1ccc(OC(=O)c2ccc(CCC(=O)N[C@@H](CCC(=O)O)C(=O)O)s2)c(F)c1. The van der Waals surface area contributed by atoms with Crippen LogP contribution in [0.3, 0.4) is 0 Å². The number of aliphatic carboxylic acids is 8. The van der Waals surface area contributed by atoms with Gasteiger partial charge in [0.1, 0.15) is 67.0 Å². The van der Waals surface area contributed by atoms with Crippen molar-refractivity contribution < 1.29 is 154 Å². The minimum atomic E-state index is -1.58. The molecule has 0 aliphatic carbocycles. The molecule has 696 valence electrons. The molecule has 0 radical (unpaired) electrons. The van der Waals surface area contributed by atoms with Gasteiger partial charge in [0.05, 0.1) is 19.3 Å². The molecule has 4 aromatic heterocycles. The van der Waals surface area contributed by atoms with Crippen LogP contribution in [-0.4, -0.2) is 195 Å². The highest BCUT2D eigenvalue weighted by Crippen LogP contribution is 2.32. The molecule has 0 saturated carbocycles. The zero-order chi connectivity index (χ0) is 98.2. The molecule has 0 bridgehead atoms. The minimum absolute atomic E-state index is 0.0764. The number of carboxylic acid groups (broad SMARTS) is 8. The second-order valence-electron chi connectivity index (χ2n) is 28.1. The summed E-state index contributed by atoms with van der Waals surface area (Å²) >= 11 is 4.09. The molecule has 0 aliphatic rings. The van der Waals surface area contributed by atoms with Crippen LogP contribution in [0, 0.1) is 57.2 Å². The summed E-state index contributed by atoms with van der Waals surface area (Å²) < 4.78 is 76.5. The number of ether oxygens (including phenoxy) is 4. The molecular weight excluding hydrogens is 1820 g/mol. The fraction of sp³-hybridized carbons (Fsp3) is 0.253. The molecule has 131 heavy (non-hydrogen) atoms. The monoisotopic (exact) mass is 1900 g/mol. The highest BCUT2D eigenvalue weighted by Gasteiger charge is 2.35. The van der Waals surface area contributed by atoms with Crippen molar-refractivity contribution >= 4 is 164 Å². The average molecular weight is 1900 g/mol. The summed E-state index contributed by atoms with van der Waals surface area (Å²) in [6.45, 7) is 8.13. The molecule has 0 unspecified atom stereocenters. The van der Waals surface area contributed by atoms with Crippen molar-refractivity contribution in [3.05, 3.63) is 218 Å². The second-order valence-corrected chi connectivity index (χ2v) is 32.7. The fourth-order valence-electron chi connectivity index (χ4n) is 10.9. The van der Waals surface area contributed by atoms with Crippen LogP contribution in [0.15, 0.2) is 128 Å². The number of thiophene rings is 4. The number of nitrogens with zero attached hydrogens (tertiary/aromatic N) is 1. The van der Waals surface area contributed by atoms with Crippen LogP contribution in [0.25, 0.3) is 0 Å². The lowest BCUT2D eigenvalue weighted by atomic mass is 9.87. The standard InChI is InChI=1S/C22H22FN3O7S.C21H22FN3O7S.2C20H20FN3O7S/c1-2-9-26(15(21(30)31)11-19(28)29)18(27)8-5-13-4-7-17(34-13)22(32)33-16-6-3-12(20(24)25)10-14(16)23;1-21(2,20(31)25-13(18(28)29)8-16(26)27)9-11-4-6-15(33-11)19(30)32-14-5-3-10(17(23)24)7-12(14)22;21-12-9-10(18(22)23)1-5-14(12)31-20(30)15-6-2-11(32-15)3-7-16(25)24-13(19(28)29)4-8-17(26)27;1-9-6-15(20(30)31-13-3-2-10(18(22)23)7-11(13)21)32-14(9)4-5-16(25)24-12(19(28)29)8-17(26)27/h2-4,6-7,10,15H,1,5,8-9,11H2,(H3,24,25)(H,28,29)(H,30,31);3-7,13H,8-9H2,1-2H3,(H3,23,24)(H,25,31)(H,26,27)(H,28,29);1-2,5-6,9,13H,3-4,7-8H2,(H3,22,23)(H,24,25)(H,26,27)(H,28,29);2-3,6-7,12H,4-5,8H2,1H3,(H3,22,23)(H,24,25)(H,26,27)(H,28,29)/t15-;2*13-;12-/m0000/s1. The van der Waals surface area contributed by atoms with E-state index in [1.54, 1.807) is 39.0 Å². The van der Waals surface area contributed by atoms with Gasteiger partial charge in [0.15, 0.2) is 46.3 Å². The van der Waals surface area contributed by atoms with E-state index in [0.717, 1.165) is 74.5 Å². The van der Waals surface area contributed by atoms with Crippen LogP contribution in [0.2, 0.25) is 0 Å². The van der Waals surface area contributed by atoms with Gasteiger partial charge >= 0.3 is 71.6 Å². The minimum Gasteiger partial charge on any atom is -0.481 e. The Kier molecular flexibility index (Phi) is 40.2. The van der Waals surface area contributed by atoms with E-state index in [1.165, 1.54) is 78.9 Å². The number of carbonyl (C=O) groups is 16. The van der Waals surface area contributed by atoms with Gasteiger partial charge in [-0.05, 0) is 160 Å². The van der Waals surface area contributed by atoms with Gasteiger partial charge in [-0.15, -0.1) is 51.9 Å². The molecule has 0 spiro atoms. The Morgan fingerprint density at radius 3 is 1.11 bits per heavy atom. The number of benzene rings is 4. The molecule has 48 heteroatoms. The highest BCUT2D eigenvalue weighted by molar-refractivity contribution is 7.15. The number of carboxylic acids is 8. The second kappa shape index (κ2) is 49.6. The van der Waals surface area contributed by atoms with Gasteiger partial charge in [-0.2, -0.15) is 0 Å². The summed E-state index contributed by atoms with van der Waals surface area (Å²) in [5.41, 5.74) is 21.3. The van der Waals surface area contributed by atoms with Crippen LogP contribution in [0.4, 0.5) is 17.6 Å². The van der Waals surface area contributed by atoms with E-state index in [1.807, 2.05) is 0 Å². The van der Waals surface area contributed by atoms with E-state index in [-0.39, 0.29) is 146 Å². The Bertz CT molecular complexity index is 5750. The summed E-state index contributed by atoms with van der Waals surface area (Å²) in [4.78, 5) is 190. The molecule has 0 fully saturated rings. The number of amides is 4. The van der Waals surface area contributed by atoms with Crippen LogP contribution in [-0.2, 0) is 83.2 Å². The van der Waals surface area contributed by atoms with Gasteiger partial charge in [-0.25, -0.2) is 55.9 Å². The number of esters is 4. The first-order valence-corrected chi connectivity index (χ1v) is 41.0. The summed E-state index contributed by atoms with van der Waals surface area (Å²) in [7, 11) is 0. The molecule has 40 nitrogen and oxygen atoms in total. The molecule has 0 saturated heterocycles. The zero-order valence-corrected chi connectivity index (χ0v) is 72.2. The highest BCUT2D eigenvalue weighted by atomic mass is 32.1. The normalized spacial score (nSPS) is 11.5. The first-order chi connectivity index (χ1) is 61.4. The van der Waals surface area contributed by atoms with E-state index in [4.69, 9.17) is 99.3 Å². The Balaban J connectivity index is 0.000000309. The Labute approximate surface area is 754 Å². The lowest BCUT2D eigenvalue weighted by molar-refractivity contribution is -0.154. The molecule has 4 aromatic carbocycles. The first kappa shape index (κ1) is 106. The molecular formula is C83H84F4N12O28S4. The van der Waals surface area contributed by atoms with Crippen LogP contribution in [0.5, 0.6) is 23.0 Å². The number of amidine groups is 4. The maximum atomic E-state index is 14.1. The Hall–Kier alpha value is -15.5. The number of hydrogen-bond donors (Lipinski definition) is 19. The third-order valence-electron chi connectivity index (χ3n) is 17.5. The number of aryl methyl sites for hydroxylation is 4. The third kappa shape index (κ3) is 34.3. The number of hydrogen-bond acceptors (Lipinski definition) is 28. The predicted octanol–water partition coefficient (Wildman–Crippen LogP) is 7.70. The quantitative estimate of drug-likeness (QED) is 0.00434. The lowest BCUT2D eigenvalue weighted by Crippen LogP contribution is -2.48. The predicted molar refractivity (Wildman–Crippen MR) is 460 cm³/mol. The van der Waals surface area contributed by atoms with E-state index in [9.17, 15) is 99.4 Å². The van der Waals surface area contributed by atoms with Crippen LogP contribution >= 0.6 is 45.3 Å². The molecule has 0 aliphatic heterocycles. The van der Waals surface area contributed by atoms with Crippen molar-refractivity contribution in [1.82, 2.24) is 20.9 Å². The fourth-order valence-corrected chi connectivity index (χ4v) is 14.8. The van der Waals surface area contributed by atoms with Crippen LogP contribution in [0.1, 0.15) is 151 Å². The van der Waals surface area contributed by atoms with Gasteiger partial charge < -0.3 is 104 Å². The van der Waals surface area contributed by atoms with Gasteiger partial charge in [0, 0.05) is 79.4 Å². The number of nitrogens with one attached hydrogen (secondary N) is 7. The van der Waals surface area contributed by atoms with E-state index in [0.29, 0.717) is 25.1 Å². The first-order valence-electron chi connectivity index (χ1n) is 37.8. The van der Waals surface area contributed by atoms with Crippen molar-refractivity contribution in [2.24, 2.45) is 28.3 Å². The molecule has 23 N–H and O–H groups in total. The molecule has 4 heterocycles. The number of nitrogens with two attached hydrogens (primary N) is 4. The Morgan fingerprint density at radius 1 is 0.427 bits per heavy atom. The van der Waals surface area contributed by atoms with Crippen molar-refractivity contribution in [2.75, 3.05) is 6.54 Å². The number of halogens is 4. The summed E-state index contributed by atoms with van der Waals surface area (Å²) in [5.74, 6) is -22.8. The third-order valence-corrected chi connectivity index (χ3v) is 22.1. The van der Waals surface area contributed by atoms with Crippen molar-refractivity contribution in [3.8, 4) is 23.0 Å². The largest absolute Gasteiger partial charge is 0.481 e. The summed E-state index contributed by atoms with van der Waals surface area (Å²) in [5, 5.41) is 107. The number of rotatable bonds is 43. The van der Waals surface area contributed by atoms with Gasteiger partial charge in [-0.1, -0.05) is 19.9 Å². The number of nitrogen functional groups attached to an aromatic ring is 4. The molecule has 8 aromatic rings. The van der Waals surface area contributed by atoms with Crippen molar-refractivity contribution in [3.63, 3.8) is 0 Å². The van der Waals surface area contributed by atoms with Gasteiger partial charge in [0.2, 0.25) is 23.6 Å². The zero-order valence-electron chi connectivity index (χ0n) is 68.9. The Morgan fingerprint density at radius 2 is 0.771 bits per heavy atom. The number of carbonyl (C=O) groups excluding carboxylic acids is 8. The average Bonchev–Trinajstić information content (AvgIpc) is 1.73. The van der Waals surface area contributed by atoms with Crippen molar-refractivity contribution in [1.29, 1.82) is 21.6 Å². The molecule has 8 rings (SSSR count). The molecule has 4 atom stereocenters. The van der Waals surface area contributed by atoms with Crippen LogP contribution < -0.4 is 57.8 Å². The smallest absolute Gasteiger partial charge is 0.353 e. The summed E-state index contributed by atoms with van der Waals surface area (Å²) in [6, 6.07) is 18.6. The van der Waals surface area contributed by atoms with Crippen molar-refractivity contribution in [2.45, 2.75) is 122 Å². The maximum Gasteiger partial charge on any atom is 0.353 e. The molecule has 4 amide bonds. The van der Waals surface area contributed by atoms with E-state index < -0.39 is 174 Å². The topological polar surface area (TPSA) is 711 Å². The van der Waals surface area contributed by atoms with E-state index in [2.05, 4.69) is 22.5 Å².